The number of ether oxygens (including phenoxy) is 1. The highest BCUT2D eigenvalue weighted by Crippen LogP contribution is 2.25. The van der Waals surface area contributed by atoms with Gasteiger partial charge in [0.1, 0.15) is 5.75 Å². The van der Waals surface area contributed by atoms with Crippen LogP contribution in [0.2, 0.25) is 0 Å². The van der Waals surface area contributed by atoms with Gasteiger partial charge >= 0.3 is 0 Å². The first-order valence-electron chi connectivity index (χ1n) is 6.80. The molecule has 0 bridgehead atoms. The monoisotopic (exact) mass is 344 g/mol. The summed E-state index contributed by atoms with van der Waals surface area (Å²) < 4.78 is 6.70. The second-order valence-electron chi connectivity index (χ2n) is 4.91. The van der Waals surface area contributed by atoms with E-state index in [-0.39, 0.29) is 11.9 Å². The Morgan fingerprint density at radius 1 is 1.14 bits per heavy atom. The van der Waals surface area contributed by atoms with Gasteiger partial charge < -0.3 is 4.74 Å². The maximum atomic E-state index is 12.1. The quantitative estimate of drug-likeness (QED) is 0.555. The van der Waals surface area contributed by atoms with Gasteiger partial charge in [-0.05, 0) is 44.2 Å². The Bertz CT molecular complexity index is 646. The van der Waals surface area contributed by atoms with Crippen LogP contribution in [-0.2, 0) is 0 Å². The van der Waals surface area contributed by atoms with Crippen LogP contribution in [0.3, 0.4) is 0 Å². The van der Waals surface area contributed by atoms with Crippen molar-refractivity contribution in [2.24, 2.45) is 0 Å². The highest BCUT2D eigenvalue weighted by molar-refractivity contribution is 9.10. The van der Waals surface area contributed by atoms with Crippen molar-refractivity contribution in [3.05, 3.63) is 70.2 Å². The Balaban J connectivity index is 2.24. The summed E-state index contributed by atoms with van der Waals surface area (Å²) in [6.07, 6.45) is 3.45. The Labute approximate surface area is 133 Å². The van der Waals surface area contributed by atoms with E-state index in [1.165, 1.54) is 0 Å². The van der Waals surface area contributed by atoms with Crippen LogP contribution in [0.5, 0.6) is 5.75 Å². The van der Waals surface area contributed by atoms with E-state index in [4.69, 9.17) is 4.74 Å². The van der Waals surface area contributed by atoms with E-state index < -0.39 is 0 Å². The normalized spacial score (nSPS) is 11.0. The van der Waals surface area contributed by atoms with Crippen LogP contribution in [0, 0.1) is 0 Å². The lowest BCUT2D eigenvalue weighted by Gasteiger charge is -2.12. The predicted molar refractivity (Wildman–Crippen MR) is 89.7 cm³/mol. The fourth-order valence-electron chi connectivity index (χ4n) is 1.87. The number of benzene rings is 2. The van der Waals surface area contributed by atoms with Crippen LogP contribution in [-0.4, -0.2) is 11.9 Å². The molecule has 0 heterocycles. The third-order valence-electron chi connectivity index (χ3n) is 2.81. The van der Waals surface area contributed by atoms with Gasteiger partial charge in [0.2, 0.25) is 0 Å². The maximum absolute atomic E-state index is 12.1. The van der Waals surface area contributed by atoms with E-state index in [0.29, 0.717) is 5.56 Å². The fourth-order valence-corrected chi connectivity index (χ4v) is 2.25. The van der Waals surface area contributed by atoms with Crippen molar-refractivity contribution in [2.75, 3.05) is 0 Å². The smallest absolute Gasteiger partial charge is 0.185 e. The van der Waals surface area contributed by atoms with E-state index in [1.807, 2.05) is 50.2 Å². The lowest BCUT2D eigenvalue weighted by molar-refractivity contribution is 0.104. The van der Waals surface area contributed by atoms with Crippen molar-refractivity contribution in [1.82, 2.24) is 0 Å². The zero-order chi connectivity index (χ0) is 15.2. The van der Waals surface area contributed by atoms with Crippen molar-refractivity contribution in [3.63, 3.8) is 0 Å². The van der Waals surface area contributed by atoms with Crippen LogP contribution < -0.4 is 4.74 Å². The van der Waals surface area contributed by atoms with Gasteiger partial charge in [0, 0.05) is 15.6 Å². The molecule has 2 rings (SSSR count). The number of allylic oxidation sites excluding steroid dienone is 1. The largest absolute Gasteiger partial charge is 0.490 e. The molecule has 0 amide bonds. The van der Waals surface area contributed by atoms with Crippen LogP contribution in [0.25, 0.3) is 6.08 Å². The summed E-state index contributed by atoms with van der Waals surface area (Å²) in [6, 6.07) is 15.0. The molecule has 0 unspecified atom stereocenters. The minimum absolute atomic E-state index is 0.0222. The first-order chi connectivity index (χ1) is 10.1. The standard InChI is InChI=1S/C18H17BrO2/c1-13(2)21-18-11-9-16(19)12-15(18)8-10-17(20)14-6-4-3-5-7-14/h3-13H,1-2H3/b10-8+. The van der Waals surface area contributed by atoms with Crippen molar-refractivity contribution >= 4 is 27.8 Å². The van der Waals surface area contributed by atoms with Gasteiger partial charge in [-0.3, -0.25) is 4.79 Å². The second-order valence-corrected chi connectivity index (χ2v) is 5.83. The number of ketones is 1. The van der Waals surface area contributed by atoms with E-state index in [0.717, 1.165) is 15.8 Å². The summed E-state index contributed by atoms with van der Waals surface area (Å²) in [5, 5.41) is 0. The first kappa shape index (κ1) is 15.5. The van der Waals surface area contributed by atoms with Crippen LogP contribution in [0.1, 0.15) is 29.8 Å². The molecule has 3 heteroatoms. The summed E-state index contributed by atoms with van der Waals surface area (Å²) in [5.41, 5.74) is 1.55. The molecule has 0 spiro atoms. The molecule has 0 atom stereocenters. The molecule has 0 saturated heterocycles. The maximum Gasteiger partial charge on any atom is 0.185 e. The third kappa shape index (κ3) is 4.57. The summed E-state index contributed by atoms with van der Waals surface area (Å²) in [7, 11) is 0. The Hall–Kier alpha value is -1.87. The molecule has 2 aromatic rings. The molecule has 0 radical (unpaired) electrons. The van der Waals surface area contributed by atoms with Gasteiger partial charge in [0.05, 0.1) is 6.10 Å². The van der Waals surface area contributed by atoms with Crippen molar-refractivity contribution in [3.8, 4) is 5.75 Å². The van der Waals surface area contributed by atoms with E-state index in [9.17, 15) is 4.79 Å². The first-order valence-corrected chi connectivity index (χ1v) is 7.59. The zero-order valence-electron chi connectivity index (χ0n) is 12.0. The predicted octanol–water partition coefficient (Wildman–Crippen LogP) is 5.13. The van der Waals surface area contributed by atoms with E-state index in [1.54, 1.807) is 24.3 Å². The molecule has 2 nitrogen and oxygen atoms in total. The summed E-state index contributed by atoms with van der Waals surface area (Å²) in [4.78, 5) is 12.1. The SMILES string of the molecule is CC(C)Oc1ccc(Br)cc1/C=C/C(=O)c1ccccc1. The lowest BCUT2D eigenvalue weighted by Crippen LogP contribution is -2.06. The third-order valence-corrected chi connectivity index (χ3v) is 3.30. The fraction of sp³-hybridized carbons (Fsp3) is 0.167. The Morgan fingerprint density at radius 2 is 1.86 bits per heavy atom. The van der Waals surface area contributed by atoms with Crippen molar-refractivity contribution < 1.29 is 9.53 Å². The van der Waals surface area contributed by atoms with E-state index in [2.05, 4.69) is 15.9 Å². The van der Waals surface area contributed by atoms with Gasteiger partial charge in [-0.1, -0.05) is 46.3 Å². The molecule has 0 fully saturated rings. The molecule has 108 valence electrons. The molecule has 0 aromatic heterocycles. The molecular formula is C18H17BrO2. The number of carbonyl (C=O) groups is 1. The molecular weight excluding hydrogens is 328 g/mol. The number of halogens is 1. The zero-order valence-corrected chi connectivity index (χ0v) is 13.6. The molecule has 0 saturated carbocycles. The molecule has 21 heavy (non-hydrogen) atoms. The van der Waals surface area contributed by atoms with Gasteiger partial charge in [0.15, 0.2) is 5.78 Å². The minimum Gasteiger partial charge on any atom is -0.490 e. The number of hydrogen-bond donors (Lipinski definition) is 0. The molecule has 0 N–H and O–H groups in total. The highest BCUT2D eigenvalue weighted by atomic mass is 79.9. The second kappa shape index (κ2) is 7.23. The average Bonchev–Trinajstić information content (AvgIpc) is 2.47. The summed E-state index contributed by atoms with van der Waals surface area (Å²) >= 11 is 3.44. The van der Waals surface area contributed by atoms with Gasteiger partial charge in [-0.15, -0.1) is 0 Å². The number of rotatable bonds is 5. The summed E-state index contributed by atoms with van der Waals surface area (Å²) in [5.74, 6) is 0.747. The summed E-state index contributed by atoms with van der Waals surface area (Å²) in [6.45, 7) is 3.95. The van der Waals surface area contributed by atoms with Crippen molar-refractivity contribution in [1.29, 1.82) is 0 Å². The van der Waals surface area contributed by atoms with Crippen LogP contribution in [0.15, 0.2) is 59.1 Å². The topological polar surface area (TPSA) is 26.3 Å². The molecule has 0 aliphatic carbocycles. The van der Waals surface area contributed by atoms with E-state index >= 15 is 0 Å². The van der Waals surface area contributed by atoms with Gasteiger partial charge in [-0.25, -0.2) is 0 Å². The van der Waals surface area contributed by atoms with Gasteiger partial charge in [0.25, 0.3) is 0 Å². The van der Waals surface area contributed by atoms with Gasteiger partial charge in [-0.2, -0.15) is 0 Å². The average molecular weight is 345 g/mol. The molecule has 0 aliphatic heterocycles. The minimum atomic E-state index is -0.0222. The molecule has 2 aromatic carbocycles. The van der Waals surface area contributed by atoms with Crippen LogP contribution >= 0.6 is 15.9 Å². The Morgan fingerprint density at radius 3 is 2.52 bits per heavy atom. The molecule has 0 aliphatic rings. The number of carbonyl (C=O) groups excluding carboxylic acids is 1. The lowest BCUT2D eigenvalue weighted by atomic mass is 10.1. The van der Waals surface area contributed by atoms with Crippen molar-refractivity contribution in [2.45, 2.75) is 20.0 Å². The Kier molecular flexibility index (Phi) is 5.34. The van der Waals surface area contributed by atoms with Crippen LogP contribution in [0.4, 0.5) is 0 Å². The number of hydrogen-bond acceptors (Lipinski definition) is 2. The highest BCUT2D eigenvalue weighted by Gasteiger charge is 2.05.